The molecule has 0 aliphatic carbocycles. The second kappa shape index (κ2) is 7.09. The Morgan fingerprint density at radius 2 is 1.81 bits per heavy atom. The van der Waals surface area contributed by atoms with Crippen molar-refractivity contribution in [3.63, 3.8) is 0 Å². The second-order valence-electron chi connectivity index (χ2n) is 4.68. The average Bonchev–Trinajstić information content (AvgIpc) is 2.49. The predicted molar refractivity (Wildman–Crippen MR) is 91.6 cm³/mol. The lowest BCUT2D eigenvalue weighted by Crippen LogP contribution is -2.14. The Hall–Kier alpha value is -1.33. The predicted octanol–water partition coefficient (Wildman–Crippen LogP) is 5.58. The van der Waals surface area contributed by atoms with Gasteiger partial charge in [-0.2, -0.15) is 0 Å². The summed E-state index contributed by atoms with van der Waals surface area (Å²) in [5.41, 5.74) is 3.74. The summed E-state index contributed by atoms with van der Waals surface area (Å²) in [5.74, 6) is 0. The van der Waals surface area contributed by atoms with Gasteiger partial charge in [-0.15, -0.1) is 0 Å². The third kappa shape index (κ3) is 4.08. The Labute approximate surface area is 141 Å². The first kappa shape index (κ1) is 16.0. The first-order chi connectivity index (χ1) is 9.99. The van der Waals surface area contributed by atoms with Gasteiger partial charge in [-0.1, -0.05) is 46.3 Å². The number of benzene rings is 2. The summed E-state index contributed by atoms with van der Waals surface area (Å²) in [4.78, 5) is 11.9. The summed E-state index contributed by atoms with van der Waals surface area (Å²) in [7, 11) is 0. The maximum absolute atomic E-state index is 11.9. The number of nitrogens with one attached hydrogen (secondary N) is 1. The van der Waals surface area contributed by atoms with Crippen LogP contribution < -0.4 is 5.32 Å². The minimum absolute atomic E-state index is 0.249. The Balaban J connectivity index is 2.03. The maximum atomic E-state index is 11.9. The van der Waals surface area contributed by atoms with Gasteiger partial charge in [-0.3, -0.25) is 5.32 Å². The van der Waals surface area contributed by atoms with E-state index in [0.29, 0.717) is 5.69 Å². The van der Waals surface area contributed by atoms with Gasteiger partial charge >= 0.3 is 6.09 Å². The molecule has 0 aromatic heterocycles. The molecule has 3 nitrogen and oxygen atoms in total. The van der Waals surface area contributed by atoms with Gasteiger partial charge in [-0.05, 0) is 52.5 Å². The third-order valence-electron chi connectivity index (χ3n) is 3.05. The number of rotatable bonds is 3. The monoisotopic (exact) mass is 411 g/mol. The molecule has 5 heteroatoms. The number of amides is 1. The number of carbonyl (C=O) groups is 1. The summed E-state index contributed by atoms with van der Waals surface area (Å²) in [6.45, 7) is 4.20. The number of halogens is 2. The number of hydrogen-bond donors (Lipinski definition) is 1. The third-order valence-corrected chi connectivity index (χ3v) is 5.29. The lowest BCUT2D eigenvalue weighted by atomic mass is 10.1. The fraction of sp³-hybridized carbons (Fsp3) is 0.188. The molecule has 2 aromatic carbocycles. The number of anilines is 1. The summed E-state index contributed by atoms with van der Waals surface area (Å²) < 4.78 is 7.08. The van der Waals surface area contributed by atoms with Crippen LogP contribution >= 0.6 is 31.9 Å². The largest absolute Gasteiger partial charge is 0.444 e. The molecule has 0 aliphatic heterocycles. The maximum Gasteiger partial charge on any atom is 0.411 e. The van der Waals surface area contributed by atoms with Gasteiger partial charge in [0.1, 0.15) is 6.61 Å². The quantitative estimate of drug-likeness (QED) is 0.714. The Kier molecular flexibility index (Phi) is 5.42. The molecule has 0 heterocycles. The van der Waals surface area contributed by atoms with Crippen LogP contribution in [0, 0.1) is 13.8 Å². The Morgan fingerprint density at radius 3 is 2.48 bits per heavy atom. The number of aryl methyl sites for hydroxylation is 1. The van der Waals surface area contributed by atoms with Crippen LogP contribution in [0.2, 0.25) is 0 Å². The molecule has 0 spiro atoms. The van der Waals surface area contributed by atoms with Crippen LogP contribution in [0.25, 0.3) is 0 Å². The Bertz CT molecular complexity index is 657. The van der Waals surface area contributed by atoms with Crippen LogP contribution in [0.4, 0.5) is 10.5 Å². The van der Waals surface area contributed by atoms with Crippen LogP contribution in [-0.2, 0) is 11.3 Å². The molecule has 0 aliphatic rings. The summed E-state index contributed by atoms with van der Waals surface area (Å²) in [5, 5.41) is 2.76. The molecule has 0 atom stereocenters. The highest BCUT2D eigenvalue weighted by Gasteiger charge is 2.12. The van der Waals surface area contributed by atoms with Gasteiger partial charge in [0.2, 0.25) is 0 Å². The van der Waals surface area contributed by atoms with Crippen molar-refractivity contribution < 1.29 is 9.53 Å². The minimum Gasteiger partial charge on any atom is -0.444 e. The van der Waals surface area contributed by atoms with E-state index in [1.807, 2.05) is 50.2 Å². The molecule has 0 saturated carbocycles. The van der Waals surface area contributed by atoms with Gasteiger partial charge in [0.05, 0.1) is 5.69 Å². The smallest absolute Gasteiger partial charge is 0.411 e. The standard InChI is InChI=1S/C16H15Br2NO2/c1-10-8-13(15(18)11(2)14(10)17)19-16(20)21-9-12-6-4-3-5-7-12/h3-8H,9H2,1-2H3,(H,19,20). The number of hydrogen-bond acceptors (Lipinski definition) is 2. The first-order valence-corrected chi connectivity index (χ1v) is 8.00. The molecule has 2 aromatic rings. The molecule has 21 heavy (non-hydrogen) atoms. The van der Waals surface area contributed by atoms with Crippen LogP contribution in [-0.4, -0.2) is 6.09 Å². The van der Waals surface area contributed by atoms with Crippen LogP contribution in [0.1, 0.15) is 16.7 Å². The zero-order valence-corrected chi connectivity index (χ0v) is 14.9. The number of carbonyl (C=O) groups excluding carboxylic acids is 1. The molecule has 1 amide bonds. The zero-order valence-electron chi connectivity index (χ0n) is 11.7. The van der Waals surface area contributed by atoms with Gasteiger partial charge in [-0.25, -0.2) is 4.79 Å². The summed E-state index contributed by atoms with van der Waals surface area (Å²) in [6, 6.07) is 11.5. The van der Waals surface area contributed by atoms with E-state index in [-0.39, 0.29) is 6.61 Å². The zero-order chi connectivity index (χ0) is 15.4. The highest BCUT2D eigenvalue weighted by atomic mass is 79.9. The van der Waals surface area contributed by atoms with Gasteiger partial charge < -0.3 is 4.74 Å². The lowest BCUT2D eigenvalue weighted by Gasteiger charge is -2.13. The van der Waals surface area contributed by atoms with E-state index in [4.69, 9.17) is 4.74 Å². The average molecular weight is 413 g/mol. The first-order valence-electron chi connectivity index (χ1n) is 6.42. The molecular formula is C16H15Br2NO2. The highest BCUT2D eigenvalue weighted by Crippen LogP contribution is 2.34. The van der Waals surface area contributed by atoms with Crippen LogP contribution in [0.15, 0.2) is 45.3 Å². The molecule has 2 rings (SSSR count). The second-order valence-corrected chi connectivity index (χ2v) is 6.27. The number of ether oxygens (including phenoxy) is 1. The van der Waals surface area contributed by atoms with Gasteiger partial charge in [0.15, 0.2) is 0 Å². The molecular weight excluding hydrogens is 398 g/mol. The van der Waals surface area contributed by atoms with Crippen molar-refractivity contribution in [1.82, 2.24) is 0 Å². The van der Waals surface area contributed by atoms with Gasteiger partial charge in [0.25, 0.3) is 0 Å². The van der Waals surface area contributed by atoms with E-state index in [9.17, 15) is 4.79 Å². The molecule has 0 fully saturated rings. The van der Waals surface area contributed by atoms with Gasteiger partial charge in [0, 0.05) is 8.95 Å². The summed E-state index contributed by atoms with van der Waals surface area (Å²) in [6.07, 6.45) is -0.472. The van der Waals surface area contributed by atoms with E-state index in [0.717, 1.165) is 25.6 Å². The van der Waals surface area contributed by atoms with Crippen LogP contribution in [0.3, 0.4) is 0 Å². The fourth-order valence-corrected chi connectivity index (χ4v) is 2.89. The molecule has 1 N–H and O–H groups in total. The van der Waals surface area contributed by atoms with E-state index in [1.165, 1.54) is 0 Å². The molecule has 0 bridgehead atoms. The van der Waals surface area contributed by atoms with E-state index in [1.54, 1.807) is 0 Å². The van der Waals surface area contributed by atoms with Crippen molar-refractivity contribution in [3.05, 3.63) is 62.0 Å². The summed E-state index contributed by atoms with van der Waals surface area (Å²) >= 11 is 7.01. The topological polar surface area (TPSA) is 38.3 Å². The van der Waals surface area contributed by atoms with E-state index in [2.05, 4.69) is 37.2 Å². The fourth-order valence-electron chi connectivity index (χ4n) is 1.90. The minimum atomic E-state index is -0.472. The van der Waals surface area contributed by atoms with E-state index < -0.39 is 6.09 Å². The SMILES string of the molecule is Cc1cc(NC(=O)OCc2ccccc2)c(Br)c(C)c1Br. The van der Waals surface area contributed by atoms with Crippen molar-refractivity contribution in [2.75, 3.05) is 5.32 Å². The molecule has 0 unspecified atom stereocenters. The molecule has 110 valence electrons. The van der Waals surface area contributed by atoms with Crippen LogP contribution in [0.5, 0.6) is 0 Å². The van der Waals surface area contributed by atoms with Crippen molar-refractivity contribution >= 4 is 43.6 Å². The Morgan fingerprint density at radius 1 is 1.14 bits per heavy atom. The van der Waals surface area contributed by atoms with E-state index >= 15 is 0 Å². The highest BCUT2D eigenvalue weighted by molar-refractivity contribution is 9.11. The van der Waals surface area contributed by atoms with Crippen molar-refractivity contribution in [2.45, 2.75) is 20.5 Å². The molecule has 0 radical (unpaired) electrons. The normalized spacial score (nSPS) is 10.3. The molecule has 0 saturated heterocycles. The van der Waals surface area contributed by atoms with Crippen molar-refractivity contribution in [3.8, 4) is 0 Å². The van der Waals surface area contributed by atoms with Crippen molar-refractivity contribution in [1.29, 1.82) is 0 Å². The lowest BCUT2D eigenvalue weighted by molar-refractivity contribution is 0.155. The van der Waals surface area contributed by atoms with Crippen molar-refractivity contribution in [2.24, 2.45) is 0 Å².